The molecule has 1 unspecified atom stereocenters. The molecule has 8 heteroatoms. The number of thiazole rings is 1. The number of carbonyl (C=O) groups excluding carboxylic acids is 1. The van der Waals surface area contributed by atoms with Gasteiger partial charge < -0.3 is 4.74 Å². The standard InChI is InChI=1S/C23H18Cl2N2O3S/c1-3-30-22(29)19-13(2)26-23-27(20(19)16-9-4-5-10-17(16)25)21(28)18(31-23)12-14-7-6-8-15(24)11-14/h4-12,20H,3H2,1-2H3/b18-12-. The maximum atomic E-state index is 13.5. The van der Waals surface area contributed by atoms with Crippen molar-refractivity contribution in [2.24, 2.45) is 4.99 Å². The summed E-state index contributed by atoms with van der Waals surface area (Å²) in [7, 11) is 0. The van der Waals surface area contributed by atoms with E-state index in [9.17, 15) is 9.59 Å². The predicted octanol–water partition coefficient (Wildman–Crippen LogP) is 4.11. The molecule has 0 spiro atoms. The number of esters is 1. The van der Waals surface area contributed by atoms with Crippen molar-refractivity contribution in [3.63, 3.8) is 0 Å². The lowest BCUT2D eigenvalue weighted by atomic mass is 9.96. The number of nitrogens with zero attached hydrogens (tertiary/aromatic N) is 2. The number of hydrogen-bond acceptors (Lipinski definition) is 5. The molecule has 0 fully saturated rings. The monoisotopic (exact) mass is 472 g/mol. The van der Waals surface area contributed by atoms with Gasteiger partial charge in [-0.15, -0.1) is 0 Å². The van der Waals surface area contributed by atoms with Gasteiger partial charge in [0.15, 0.2) is 4.80 Å². The van der Waals surface area contributed by atoms with Crippen molar-refractivity contribution in [3.8, 4) is 0 Å². The molecule has 0 radical (unpaired) electrons. The van der Waals surface area contributed by atoms with Gasteiger partial charge in [-0.3, -0.25) is 9.36 Å². The third kappa shape index (κ3) is 4.11. The number of allylic oxidation sites excluding steroid dienone is 1. The molecule has 0 saturated carbocycles. The fraction of sp³-hybridized carbons (Fsp3) is 0.174. The Morgan fingerprint density at radius 1 is 1.23 bits per heavy atom. The molecule has 2 heterocycles. The van der Waals surface area contributed by atoms with Gasteiger partial charge in [0.2, 0.25) is 0 Å². The molecule has 2 aromatic carbocycles. The van der Waals surface area contributed by atoms with Crippen LogP contribution in [0, 0.1) is 0 Å². The van der Waals surface area contributed by atoms with Crippen LogP contribution in [-0.4, -0.2) is 17.1 Å². The predicted molar refractivity (Wildman–Crippen MR) is 123 cm³/mol. The molecular formula is C23H18Cl2N2O3S. The van der Waals surface area contributed by atoms with Crippen LogP contribution < -0.4 is 14.9 Å². The van der Waals surface area contributed by atoms with Crippen LogP contribution in [0.15, 0.2) is 69.6 Å². The molecule has 1 atom stereocenters. The van der Waals surface area contributed by atoms with Gasteiger partial charge in [0.05, 0.1) is 22.4 Å². The van der Waals surface area contributed by atoms with Gasteiger partial charge >= 0.3 is 5.97 Å². The summed E-state index contributed by atoms with van der Waals surface area (Å²) in [5, 5.41) is 1.03. The minimum Gasteiger partial charge on any atom is -0.463 e. The van der Waals surface area contributed by atoms with Crippen molar-refractivity contribution < 1.29 is 9.53 Å². The maximum Gasteiger partial charge on any atom is 0.338 e. The highest BCUT2D eigenvalue weighted by Crippen LogP contribution is 2.34. The smallest absolute Gasteiger partial charge is 0.338 e. The molecule has 4 rings (SSSR count). The summed E-state index contributed by atoms with van der Waals surface area (Å²) in [6, 6.07) is 13.7. The number of rotatable bonds is 4. The Balaban J connectivity index is 1.99. The van der Waals surface area contributed by atoms with Crippen molar-refractivity contribution in [1.29, 1.82) is 0 Å². The molecule has 1 aliphatic rings. The first-order valence-corrected chi connectivity index (χ1v) is 11.2. The van der Waals surface area contributed by atoms with Crippen molar-refractivity contribution in [2.75, 3.05) is 6.61 Å². The number of aromatic nitrogens is 1. The van der Waals surface area contributed by atoms with Crippen molar-refractivity contribution >= 4 is 46.6 Å². The van der Waals surface area contributed by atoms with E-state index in [1.165, 1.54) is 15.9 Å². The molecule has 31 heavy (non-hydrogen) atoms. The van der Waals surface area contributed by atoms with Crippen LogP contribution in [0.2, 0.25) is 10.0 Å². The highest BCUT2D eigenvalue weighted by atomic mass is 35.5. The summed E-state index contributed by atoms with van der Waals surface area (Å²) in [6.45, 7) is 3.69. The van der Waals surface area contributed by atoms with E-state index in [1.54, 1.807) is 50.3 Å². The highest BCUT2D eigenvalue weighted by molar-refractivity contribution is 7.07. The lowest BCUT2D eigenvalue weighted by Crippen LogP contribution is -2.40. The van der Waals surface area contributed by atoms with E-state index in [0.717, 1.165) is 5.56 Å². The zero-order valence-electron chi connectivity index (χ0n) is 16.8. The van der Waals surface area contributed by atoms with E-state index in [4.69, 9.17) is 27.9 Å². The molecule has 158 valence electrons. The minimum absolute atomic E-state index is 0.212. The minimum atomic E-state index is -0.731. The third-order valence-corrected chi connectivity index (χ3v) is 6.43. The van der Waals surface area contributed by atoms with Crippen LogP contribution in [0.1, 0.15) is 31.0 Å². The van der Waals surface area contributed by atoms with E-state index in [2.05, 4.69) is 4.99 Å². The molecule has 3 aromatic rings. The summed E-state index contributed by atoms with van der Waals surface area (Å²) in [5.74, 6) is -0.516. The molecule has 1 aromatic heterocycles. The Labute approximate surface area is 192 Å². The van der Waals surface area contributed by atoms with Gasteiger partial charge in [-0.25, -0.2) is 9.79 Å². The van der Waals surface area contributed by atoms with Crippen molar-refractivity contribution in [3.05, 3.63) is 101 Å². The average molecular weight is 473 g/mol. The Morgan fingerprint density at radius 3 is 2.71 bits per heavy atom. The average Bonchev–Trinajstić information content (AvgIpc) is 3.02. The fourth-order valence-electron chi connectivity index (χ4n) is 3.53. The first-order valence-electron chi connectivity index (χ1n) is 9.60. The SMILES string of the molecule is CCOC(=O)C1=C(C)N=c2s/c(=C\c3cccc(Cl)c3)c(=O)n2C1c1ccccc1Cl. The summed E-state index contributed by atoms with van der Waals surface area (Å²) in [6.07, 6.45) is 1.77. The molecule has 1 aliphatic heterocycles. The Morgan fingerprint density at radius 2 is 2.00 bits per heavy atom. The second-order valence-electron chi connectivity index (χ2n) is 6.88. The molecule has 0 saturated heterocycles. The van der Waals surface area contributed by atoms with Crippen LogP contribution in [0.4, 0.5) is 0 Å². The third-order valence-electron chi connectivity index (χ3n) is 4.86. The van der Waals surface area contributed by atoms with Gasteiger partial charge in [0.25, 0.3) is 5.56 Å². The van der Waals surface area contributed by atoms with E-state index in [1.807, 2.05) is 18.2 Å². The lowest BCUT2D eigenvalue weighted by Gasteiger charge is -2.25. The fourth-order valence-corrected chi connectivity index (χ4v) is 5.01. The van der Waals surface area contributed by atoms with E-state index >= 15 is 0 Å². The van der Waals surface area contributed by atoms with Crippen LogP contribution >= 0.6 is 34.5 Å². The second-order valence-corrected chi connectivity index (χ2v) is 8.73. The summed E-state index contributed by atoms with van der Waals surface area (Å²) in [4.78, 5) is 31.3. The Kier molecular flexibility index (Phi) is 6.14. The quantitative estimate of drug-likeness (QED) is 0.536. The Bertz CT molecular complexity index is 1390. The van der Waals surface area contributed by atoms with Gasteiger partial charge in [0, 0.05) is 10.0 Å². The van der Waals surface area contributed by atoms with Crippen molar-refractivity contribution in [1.82, 2.24) is 4.57 Å². The topological polar surface area (TPSA) is 60.7 Å². The molecule has 5 nitrogen and oxygen atoms in total. The number of hydrogen-bond donors (Lipinski definition) is 0. The second kappa shape index (κ2) is 8.83. The van der Waals surface area contributed by atoms with Crippen LogP contribution in [0.5, 0.6) is 0 Å². The summed E-state index contributed by atoms with van der Waals surface area (Å²) >= 11 is 13.8. The molecule has 0 N–H and O–H groups in total. The Hall–Kier alpha value is -2.67. The maximum absolute atomic E-state index is 13.5. The molecule has 0 bridgehead atoms. The number of halogens is 2. The largest absolute Gasteiger partial charge is 0.463 e. The van der Waals surface area contributed by atoms with Crippen LogP contribution in [0.25, 0.3) is 6.08 Å². The first kappa shape index (κ1) is 21.6. The van der Waals surface area contributed by atoms with Gasteiger partial charge in [-0.2, -0.15) is 0 Å². The zero-order valence-corrected chi connectivity index (χ0v) is 19.1. The summed E-state index contributed by atoms with van der Waals surface area (Å²) in [5.41, 5.74) is 1.98. The van der Waals surface area contributed by atoms with Crippen molar-refractivity contribution in [2.45, 2.75) is 19.9 Å². The van der Waals surface area contributed by atoms with Crippen LogP contribution in [-0.2, 0) is 9.53 Å². The normalized spacial score (nSPS) is 16.1. The number of carbonyl (C=O) groups is 1. The lowest BCUT2D eigenvalue weighted by molar-refractivity contribution is -0.139. The number of benzene rings is 2. The zero-order chi connectivity index (χ0) is 22.1. The van der Waals surface area contributed by atoms with E-state index in [0.29, 0.717) is 36.2 Å². The first-order chi connectivity index (χ1) is 14.9. The van der Waals surface area contributed by atoms with Gasteiger partial charge in [-0.1, -0.05) is 64.9 Å². The van der Waals surface area contributed by atoms with Gasteiger partial charge in [-0.05, 0) is 49.2 Å². The van der Waals surface area contributed by atoms with E-state index < -0.39 is 12.0 Å². The molecular weight excluding hydrogens is 455 g/mol. The number of fused-ring (bicyclic) bond motifs is 1. The summed E-state index contributed by atoms with van der Waals surface area (Å²) < 4.78 is 7.28. The van der Waals surface area contributed by atoms with Crippen LogP contribution in [0.3, 0.4) is 0 Å². The highest BCUT2D eigenvalue weighted by Gasteiger charge is 2.34. The van der Waals surface area contributed by atoms with Gasteiger partial charge in [0.1, 0.15) is 6.04 Å². The molecule has 0 aliphatic carbocycles. The van der Waals surface area contributed by atoms with E-state index in [-0.39, 0.29) is 12.2 Å². The number of ether oxygens (including phenoxy) is 1. The molecule has 0 amide bonds.